The molecule has 0 bridgehead atoms. The molecule has 4 rings (SSSR count). The van der Waals surface area contributed by atoms with Gasteiger partial charge >= 0.3 is 0 Å². The van der Waals surface area contributed by atoms with Crippen molar-refractivity contribution in [1.29, 1.82) is 0 Å². The average Bonchev–Trinajstić information content (AvgIpc) is 3.51. The Morgan fingerprint density at radius 1 is 1.09 bits per heavy atom. The summed E-state index contributed by atoms with van der Waals surface area (Å²) in [6.07, 6.45) is 10.3. The number of rotatable bonds is 9. The van der Waals surface area contributed by atoms with Crippen molar-refractivity contribution in [2.75, 3.05) is 0 Å². The molecule has 3 aromatic heterocycles. The molecule has 1 unspecified atom stereocenters. The molecule has 0 aliphatic carbocycles. The van der Waals surface area contributed by atoms with E-state index < -0.39 is 11.6 Å². The van der Waals surface area contributed by atoms with Crippen molar-refractivity contribution in [3.8, 4) is 16.9 Å². The summed E-state index contributed by atoms with van der Waals surface area (Å²) in [4.78, 5) is 31.5. The topological polar surface area (TPSA) is 78.1 Å². The van der Waals surface area contributed by atoms with Crippen LogP contribution in [0.5, 0.6) is 0 Å². The highest BCUT2D eigenvalue weighted by Crippen LogP contribution is 2.30. The van der Waals surface area contributed by atoms with Crippen LogP contribution >= 0.6 is 0 Å². The van der Waals surface area contributed by atoms with E-state index in [1.807, 2.05) is 55.9 Å². The summed E-state index contributed by atoms with van der Waals surface area (Å²) in [7, 11) is 0. The second-order valence-electron chi connectivity index (χ2n) is 8.97. The second-order valence-corrected chi connectivity index (χ2v) is 8.97. The van der Waals surface area contributed by atoms with Crippen molar-refractivity contribution in [2.45, 2.75) is 52.3 Å². The van der Waals surface area contributed by atoms with Gasteiger partial charge in [-0.1, -0.05) is 18.2 Å². The van der Waals surface area contributed by atoms with Gasteiger partial charge in [0.05, 0.1) is 23.8 Å². The molecule has 1 amide bonds. The Kier molecular flexibility index (Phi) is 6.88. The summed E-state index contributed by atoms with van der Waals surface area (Å²) < 4.78 is 4.09. The van der Waals surface area contributed by atoms with E-state index in [0.717, 1.165) is 34.9 Å². The van der Waals surface area contributed by atoms with E-state index in [4.69, 9.17) is 9.82 Å². The lowest BCUT2D eigenvalue weighted by atomic mass is 10.1. The Morgan fingerprint density at radius 3 is 2.47 bits per heavy atom. The minimum atomic E-state index is -0.543. The van der Waals surface area contributed by atoms with Crippen LogP contribution in [0.15, 0.2) is 73.6 Å². The predicted molar refractivity (Wildman–Crippen MR) is 130 cm³/mol. The van der Waals surface area contributed by atoms with Gasteiger partial charge in [-0.2, -0.15) is 0 Å². The fourth-order valence-electron chi connectivity index (χ4n) is 3.92. The summed E-state index contributed by atoms with van der Waals surface area (Å²) >= 11 is 0. The van der Waals surface area contributed by atoms with Gasteiger partial charge < -0.3 is 9.13 Å². The third-order valence-corrected chi connectivity index (χ3v) is 5.39. The highest BCUT2D eigenvalue weighted by molar-refractivity contribution is 5.61. The standard InChI is InChI=1S/C26H30N6O2/c1-5-31-24(20-9-11-22(12-10-20)30-15-14-27-18-30)17-29-25(31)23(16-21-8-6-7-13-28-21)32(19-33)34-26(2,3)4/h6-15,17-19,23H,5,16H2,1-4H3. The maximum atomic E-state index is 12.2. The Morgan fingerprint density at radius 2 is 1.88 bits per heavy atom. The molecule has 0 aliphatic heterocycles. The summed E-state index contributed by atoms with van der Waals surface area (Å²) in [5.74, 6) is 0.748. The van der Waals surface area contributed by atoms with E-state index in [-0.39, 0.29) is 0 Å². The van der Waals surface area contributed by atoms with Crippen molar-refractivity contribution >= 4 is 6.41 Å². The van der Waals surface area contributed by atoms with E-state index in [0.29, 0.717) is 13.0 Å². The molecule has 0 aliphatic rings. The zero-order valence-corrected chi connectivity index (χ0v) is 20.0. The summed E-state index contributed by atoms with van der Waals surface area (Å²) in [6, 6.07) is 13.6. The number of carbonyl (C=O) groups is 1. The van der Waals surface area contributed by atoms with Crippen LogP contribution in [0.1, 0.15) is 45.3 Å². The first-order valence-corrected chi connectivity index (χ1v) is 11.4. The fourth-order valence-corrected chi connectivity index (χ4v) is 3.92. The fraction of sp³-hybridized carbons (Fsp3) is 0.308. The molecule has 176 valence electrons. The van der Waals surface area contributed by atoms with E-state index in [1.54, 1.807) is 18.7 Å². The van der Waals surface area contributed by atoms with Crippen LogP contribution in [0.3, 0.4) is 0 Å². The van der Waals surface area contributed by atoms with Crippen molar-refractivity contribution in [3.05, 3.63) is 85.1 Å². The van der Waals surface area contributed by atoms with Crippen molar-refractivity contribution in [3.63, 3.8) is 0 Å². The molecule has 0 spiro atoms. The van der Waals surface area contributed by atoms with Crippen molar-refractivity contribution < 1.29 is 9.63 Å². The zero-order chi connectivity index (χ0) is 24.1. The van der Waals surface area contributed by atoms with Crippen molar-refractivity contribution in [1.82, 2.24) is 29.1 Å². The molecule has 0 fully saturated rings. The lowest BCUT2D eigenvalue weighted by Gasteiger charge is -2.33. The molecule has 4 aromatic rings. The smallest absolute Gasteiger partial charge is 0.234 e. The Bertz CT molecular complexity index is 1190. The van der Waals surface area contributed by atoms with Gasteiger partial charge in [-0.25, -0.2) is 15.0 Å². The first kappa shape index (κ1) is 23.4. The summed E-state index contributed by atoms with van der Waals surface area (Å²) in [6.45, 7) is 8.51. The molecule has 0 radical (unpaired) electrons. The lowest BCUT2D eigenvalue weighted by Crippen LogP contribution is -2.38. The van der Waals surface area contributed by atoms with Gasteiger partial charge in [0.15, 0.2) is 0 Å². The molecule has 3 heterocycles. The number of hydrogen-bond acceptors (Lipinski definition) is 5. The highest BCUT2D eigenvalue weighted by atomic mass is 16.7. The van der Waals surface area contributed by atoms with Gasteiger partial charge in [-0.05, 0) is 57.5 Å². The van der Waals surface area contributed by atoms with Crippen molar-refractivity contribution in [2.24, 2.45) is 0 Å². The number of imidazole rings is 2. The SMILES string of the molecule is CCn1c(-c2ccc(-n3ccnc3)cc2)cnc1C(Cc1ccccn1)N(C=O)OC(C)(C)C. The molecule has 0 saturated carbocycles. The molecule has 0 saturated heterocycles. The summed E-state index contributed by atoms with van der Waals surface area (Å²) in [5.41, 5.74) is 3.35. The molecule has 0 N–H and O–H groups in total. The normalized spacial score (nSPS) is 12.5. The number of carbonyl (C=O) groups excluding carboxylic acids is 1. The number of nitrogens with zero attached hydrogens (tertiary/aromatic N) is 6. The van der Waals surface area contributed by atoms with Crippen LogP contribution in [-0.2, 0) is 22.6 Å². The van der Waals surface area contributed by atoms with Crippen LogP contribution in [0.2, 0.25) is 0 Å². The van der Waals surface area contributed by atoms with Crippen LogP contribution in [0, 0.1) is 0 Å². The van der Waals surface area contributed by atoms with E-state index in [1.165, 1.54) is 5.06 Å². The van der Waals surface area contributed by atoms with Crippen LogP contribution in [-0.4, -0.2) is 41.2 Å². The first-order valence-electron chi connectivity index (χ1n) is 11.4. The number of pyridine rings is 1. The van der Waals surface area contributed by atoms with Gasteiger partial charge in [0, 0.05) is 42.9 Å². The zero-order valence-electron chi connectivity index (χ0n) is 20.0. The quantitative estimate of drug-likeness (QED) is 0.270. The maximum absolute atomic E-state index is 12.2. The van der Waals surface area contributed by atoms with Gasteiger partial charge in [0.1, 0.15) is 11.9 Å². The van der Waals surface area contributed by atoms with Gasteiger partial charge in [0.25, 0.3) is 0 Å². The number of benzene rings is 1. The van der Waals surface area contributed by atoms with E-state index >= 15 is 0 Å². The second kappa shape index (κ2) is 10.0. The largest absolute Gasteiger partial charge is 0.326 e. The highest BCUT2D eigenvalue weighted by Gasteiger charge is 2.30. The first-order chi connectivity index (χ1) is 16.4. The third-order valence-electron chi connectivity index (χ3n) is 5.39. The van der Waals surface area contributed by atoms with Crippen LogP contribution in [0.25, 0.3) is 16.9 Å². The van der Waals surface area contributed by atoms with Gasteiger partial charge in [-0.3, -0.25) is 14.6 Å². The monoisotopic (exact) mass is 458 g/mol. The van der Waals surface area contributed by atoms with Crippen LogP contribution in [0.4, 0.5) is 0 Å². The maximum Gasteiger partial charge on any atom is 0.234 e. The Balaban J connectivity index is 1.72. The molecular formula is C26H30N6O2. The molecule has 8 nitrogen and oxygen atoms in total. The number of amides is 1. The number of hydrogen-bond donors (Lipinski definition) is 0. The molecule has 1 aromatic carbocycles. The lowest BCUT2D eigenvalue weighted by molar-refractivity contribution is -0.235. The van der Waals surface area contributed by atoms with Gasteiger partial charge in [-0.15, -0.1) is 0 Å². The van der Waals surface area contributed by atoms with Gasteiger partial charge in [0.2, 0.25) is 6.41 Å². The third kappa shape index (κ3) is 5.23. The minimum absolute atomic E-state index is 0.439. The molecule has 1 atom stereocenters. The molecule has 8 heteroatoms. The average molecular weight is 459 g/mol. The number of aromatic nitrogens is 5. The summed E-state index contributed by atoms with van der Waals surface area (Å²) in [5, 5.41) is 1.37. The predicted octanol–water partition coefficient (Wildman–Crippen LogP) is 4.62. The minimum Gasteiger partial charge on any atom is -0.326 e. The molecule has 34 heavy (non-hydrogen) atoms. The van der Waals surface area contributed by atoms with E-state index in [9.17, 15) is 4.79 Å². The van der Waals surface area contributed by atoms with Crippen LogP contribution < -0.4 is 0 Å². The number of hydroxylamine groups is 2. The van der Waals surface area contributed by atoms with E-state index in [2.05, 4.69) is 45.7 Å². The Labute approximate surface area is 199 Å². The Hall–Kier alpha value is -3.78. The molecular weight excluding hydrogens is 428 g/mol.